The van der Waals surface area contributed by atoms with Gasteiger partial charge in [0.05, 0.1) is 22.8 Å². The Morgan fingerprint density at radius 2 is 1.91 bits per heavy atom. The first kappa shape index (κ1) is 18.2. The Bertz CT molecular complexity index is 615. The van der Waals surface area contributed by atoms with Crippen LogP contribution in [0.2, 0.25) is 0 Å². The first-order valence-corrected chi connectivity index (χ1v) is 8.55. The van der Waals surface area contributed by atoms with E-state index in [1.807, 2.05) is 0 Å². The van der Waals surface area contributed by atoms with E-state index in [1.165, 1.54) is 20.2 Å². The normalized spacial score (nSPS) is 11.5. The second kappa shape index (κ2) is 8.00. The molecule has 22 heavy (non-hydrogen) atoms. The summed E-state index contributed by atoms with van der Waals surface area (Å²) in [5.74, 6) is -0.514. The lowest BCUT2D eigenvalue weighted by Gasteiger charge is -2.17. The Labute approximate surface area is 131 Å². The number of nitrogens with two attached hydrogens (primary N) is 1. The summed E-state index contributed by atoms with van der Waals surface area (Å²) in [5.41, 5.74) is 6.42. The quantitative estimate of drug-likeness (QED) is 0.588. The number of carbonyl (C=O) groups is 1. The van der Waals surface area contributed by atoms with Crippen molar-refractivity contribution in [3.63, 3.8) is 0 Å². The molecule has 8 heteroatoms. The Balaban J connectivity index is 3.10. The summed E-state index contributed by atoms with van der Waals surface area (Å²) in [6.07, 6.45) is 2.04. The molecular weight excluding hydrogens is 304 g/mol. The van der Waals surface area contributed by atoms with Crippen molar-refractivity contribution in [3.8, 4) is 0 Å². The maximum absolute atomic E-state index is 12.2. The summed E-state index contributed by atoms with van der Waals surface area (Å²) >= 11 is 0. The van der Waals surface area contributed by atoms with E-state index in [2.05, 4.69) is 17.6 Å². The van der Waals surface area contributed by atoms with Gasteiger partial charge in [0.15, 0.2) is 0 Å². The molecule has 1 aromatic rings. The first-order chi connectivity index (χ1) is 10.3. The molecule has 0 heterocycles. The number of benzene rings is 1. The van der Waals surface area contributed by atoms with Crippen molar-refractivity contribution in [1.82, 2.24) is 4.31 Å². The summed E-state index contributed by atoms with van der Waals surface area (Å²) in [6, 6.07) is 4.74. The van der Waals surface area contributed by atoms with Gasteiger partial charge in [-0.25, -0.2) is 12.7 Å². The molecule has 0 aromatic heterocycles. The van der Waals surface area contributed by atoms with Crippen LogP contribution in [0, 0.1) is 0 Å². The number of nitrogens with zero attached hydrogens (tertiary/aromatic N) is 1. The van der Waals surface area contributed by atoms with Gasteiger partial charge in [-0.15, -0.1) is 0 Å². The van der Waals surface area contributed by atoms with E-state index in [0.717, 1.165) is 29.4 Å². The molecule has 0 radical (unpaired) electrons. The lowest BCUT2D eigenvalue weighted by atomic mass is 10.2. The highest BCUT2D eigenvalue weighted by Crippen LogP contribution is 2.26. The molecule has 0 saturated heterocycles. The molecule has 0 bridgehead atoms. The molecule has 1 aromatic carbocycles. The molecule has 1 amide bonds. The minimum Gasteiger partial charge on any atom is -0.383 e. The maximum Gasteiger partial charge on any atom is 0.242 e. The van der Waals surface area contributed by atoms with Crippen molar-refractivity contribution in [2.45, 2.75) is 24.7 Å². The molecule has 7 nitrogen and oxygen atoms in total. The van der Waals surface area contributed by atoms with Gasteiger partial charge in [0.1, 0.15) is 0 Å². The Morgan fingerprint density at radius 3 is 2.45 bits per heavy atom. The maximum atomic E-state index is 12.2. The van der Waals surface area contributed by atoms with Crippen molar-refractivity contribution in [2.24, 2.45) is 5.73 Å². The molecule has 0 saturated carbocycles. The smallest absolute Gasteiger partial charge is 0.242 e. The van der Waals surface area contributed by atoms with Crippen LogP contribution in [0.3, 0.4) is 0 Å². The lowest BCUT2D eigenvalue weighted by Crippen LogP contribution is -2.24. The number of sulfonamides is 1. The van der Waals surface area contributed by atoms with E-state index in [4.69, 9.17) is 5.73 Å². The predicted molar refractivity (Wildman–Crippen MR) is 88.4 cm³/mol. The van der Waals surface area contributed by atoms with Crippen LogP contribution in [-0.2, 0) is 14.8 Å². The highest BCUT2D eigenvalue weighted by Gasteiger charge is 2.18. The van der Waals surface area contributed by atoms with Crippen molar-refractivity contribution < 1.29 is 13.2 Å². The number of primary amides is 1. The number of carbonyl (C=O) groups excluding carboxylic acids is 1. The van der Waals surface area contributed by atoms with E-state index in [1.54, 1.807) is 12.1 Å². The van der Waals surface area contributed by atoms with Gasteiger partial charge in [0, 0.05) is 20.6 Å². The number of anilines is 2. The zero-order valence-corrected chi connectivity index (χ0v) is 14.0. The van der Waals surface area contributed by atoms with Gasteiger partial charge in [-0.2, -0.15) is 0 Å². The van der Waals surface area contributed by atoms with E-state index >= 15 is 0 Å². The highest BCUT2D eigenvalue weighted by atomic mass is 32.2. The third kappa shape index (κ3) is 4.88. The average Bonchev–Trinajstić information content (AvgIpc) is 2.45. The summed E-state index contributed by atoms with van der Waals surface area (Å²) in [7, 11) is -0.588. The van der Waals surface area contributed by atoms with Gasteiger partial charge >= 0.3 is 0 Å². The van der Waals surface area contributed by atoms with E-state index in [9.17, 15) is 13.2 Å². The second-order valence-corrected chi connectivity index (χ2v) is 7.25. The van der Waals surface area contributed by atoms with Crippen LogP contribution in [0.1, 0.15) is 19.8 Å². The van der Waals surface area contributed by atoms with Crippen LogP contribution in [0.5, 0.6) is 0 Å². The van der Waals surface area contributed by atoms with Crippen LogP contribution < -0.4 is 16.4 Å². The van der Waals surface area contributed by atoms with Crippen molar-refractivity contribution in [3.05, 3.63) is 18.2 Å². The second-order valence-electron chi connectivity index (χ2n) is 5.10. The van der Waals surface area contributed by atoms with Gasteiger partial charge in [0.2, 0.25) is 15.9 Å². The van der Waals surface area contributed by atoms with Crippen LogP contribution in [-0.4, -0.2) is 45.8 Å². The minimum absolute atomic E-state index is 0.0616. The third-order valence-electron chi connectivity index (χ3n) is 3.07. The summed E-state index contributed by atoms with van der Waals surface area (Å²) in [6.45, 7) is 2.79. The lowest BCUT2D eigenvalue weighted by molar-refractivity contribution is -0.116. The van der Waals surface area contributed by atoms with Gasteiger partial charge in [-0.1, -0.05) is 13.3 Å². The zero-order chi connectivity index (χ0) is 16.8. The Kier molecular flexibility index (Phi) is 6.63. The Hall–Kier alpha value is -1.80. The van der Waals surface area contributed by atoms with Gasteiger partial charge in [-0.3, -0.25) is 4.79 Å². The minimum atomic E-state index is -3.53. The van der Waals surface area contributed by atoms with Crippen molar-refractivity contribution >= 4 is 27.3 Å². The predicted octanol–water partition coefficient (Wildman–Crippen LogP) is 1.05. The fourth-order valence-corrected chi connectivity index (χ4v) is 2.71. The topological polar surface area (TPSA) is 105 Å². The fraction of sp³-hybridized carbons (Fsp3) is 0.500. The number of nitrogens with one attached hydrogen (secondary N) is 2. The standard InChI is InChI=1S/C14H24N4O3S/c1-4-5-8-16-12-7-6-11(22(20,21)18(2)3)9-13(12)17-10-14(15)19/h6-7,9,16-17H,4-5,8,10H2,1-3H3,(H2,15,19). The van der Waals surface area contributed by atoms with E-state index < -0.39 is 15.9 Å². The number of rotatable bonds is 9. The molecule has 0 aliphatic heterocycles. The van der Waals surface area contributed by atoms with Crippen molar-refractivity contribution in [1.29, 1.82) is 0 Å². The van der Waals surface area contributed by atoms with Gasteiger partial charge < -0.3 is 16.4 Å². The number of unbranched alkanes of at least 4 members (excludes halogenated alkanes) is 1. The van der Waals surface area contributed by atoms with Crippen LogP contribution in [0.25, 0.3) is 0 Å². The van der Waals surface area contributed by atoms with E-state index in [-0.39, 0.29) is 11.4 Å². The summed E-state index contributed by atoms with van der Waals surface area (Å²) < 4.78 is 25.5. The molecule has 1 rings (SSSR count). The zero-order valence-electron chi connectivity index (χ0n) is 13.2. The number of hydrogen-bond donors (Lipinski definition) is 3. The third-order valence-corrected chi connectivity index (χ3v) is 4.88. The molecule has 124 valence electrons. The molecule has 0 atom stereocenters. The van der Waals surface area contributed by atoms with Crippen LogP contribution in [0.4, 0.5) is 11.4 Å². The fourth-order valence-electron chi connectivity index (χ4n) is 1.78. The number of hydrogen-bond acceptors (Lipinski definition) is 5. The number of amides is 1. The molecule has 4 N–H and O–H groups in total. The monoisotopic (exact) mass is 328 g/mol. The molecular formula is C14H24N4O3S. The highest BCUT2D eigenvalue weighted by molar-refractivity contribution is 7.89. The molecule has 0 aliphatic carbocycles. The van der Waals surface area contributed by atoms with E-state index in [0.29, 0.717) is 5.69 Å². The molecule has 0 unspecified atom stereocenters. The summed E-state index contributed by atoms with van der Waals surface area (Å²) in [4.78, 5) is 11.1. The average molecular weight is 328 g/mol. The SMILES string of the molecule is CCCCNc1ccc(S(=O)(=O)N(C)C)cc1NCC(N)=O. The first-order valence-electron chi connectivity index (χ1n) is 7.11. The molecule has 0 aliphatic rings. The van der Waals surface area contributed by atoms with Crippen molar-refractivity contribution in [2.75, 3.05) is 37.8 Å². The molecule has 0 spiro atoms. The largest absolute Gasteiger partial charge is 0.383 e. The summed E-state index contributed by atoms with van der Waals surface area (Å²) in [5, 5.41) is 6.09. The van der Waals surface area contributed by atoms with Crippen LogP contribution >= 0.6 is 0 Å². The van der Waals surface area contributed by atoms with Gasteiger partial charge in [-0.05, 0) is 24.6 Å². The van der Waals surface area contributed by atoms with Crippen LogP contribution in [0.15, 0.2) is 23.1 Å². The molecule has 0 fully saturated rings. The van der Waals surface area contributed by atoms with Gasteiger partial charge in [0.25, 0.3) is 0 Å². The Morgan fingerprint density at radius 1 is 1.23 bits per heavy atom.